The molecule has 1 atom stereocenters. The van der Waals surface area contributed by atoms with Gasteiger partial charge in [0.2, 0.25) is 0 Å². The van der Waals surface area contributed by atoms with Gasteiger partial charge in [-0.05, 0) is 67.6 Å². The smallest absolute Gasteiger partial charge is 0.419 e. The van der Waals surface area contributed by atoms with Crippen LogP contribution in [0.3, 0.4) is 0 Å². The minimum atomic E-state index is -4.96. The lowest BCUT2D eigenvalue weighted by atomic mass is 9.75. The van der Waals surface area contributed by atoms with Gasteiger partial charge < -0.3 is 30.2 Å². The topological polar surface area (TPSA) is 114 Å². The Hall–Kier alpha value is -4.43. The monoisotopic (exact) mass is 643 g/mol. The number of hydrogen-bond donors (Lipinski definition) is 3. The minimum Gasteiger partial charge on any atom is -0.497 e. The third kappa shape index (κ3) is 6.06. The van der Waals surface area contributed by atoms with E-state index >= 15 is 0 Å². The highest BCUT2D eigenvalue weighted by molar-refractivity contribution is 6.14. The number of fused-ring (bicyclic) bond motifs is 1. The highest BCUT2D eigenvalue weighted by atomic mass is 19.4. The zero-order valence-electron chi connectivity index (χ0n) is 25.2. The van der Waals surface area contributed by atoms with E-state index in [1.54, 1.807) is 12.3 Å². The molecule has 1 unspecified atom stereocenters. The molecule has 7 rings (SSSR count). The van der Waals surface area contributed by atoms with Crippen LogP contribution in [-0.2, 0) is 10.9 Å². The molecule has 2 heterocycles. The zero-order valence-corrected chi connectivity index (χ0v) is 25.2. The van der Waals surface area contributed by atoms with E-state index in [0.717, 1.165) is 51.6 Å². The number of hydrogen-bond acceptors (Lipinski definition) is 8. The number of benzene rings is 2. The van der Waals surface area contributed by atoms with E-state index in [4.69, 9.17) is 14.2 Å². The molecule has 3 aromatic rings. The molecule has 14 heteroatoms. The van der Waals surface area contributed by atoms with E-state index in [1.807, 2.05) is 0 Å². The van der Waals surface area contributed by atoms with Crippen molar-refractivity contribution in [3.63, 3.8) is 0 Å². The van der Waals surface area contributed by atoms with Crippen molar-refractivity contribution in [1.82, 2.24) is 9.88 Å². The molecule has 3 saturated carbocycles. The summed E-state index contributed by atoms with van der Waals surface area (Å²) in [6.07, 6.45) is -0.409. The fraction of sp³-hybridized carbons (Fsp3) is 0.406. The van der Waals surface area contributed by atoms with E-state index < -0.39 is 29.4 Å². The Bertz CT molecular complexity index is 1640. The molecule has 1 aliphatic heterocycles. The molecule has 4 fully saturated rings. The Morgan fingerprint density at radius 2 is 1.74 bits per heavy atom. The first-order chi connectivity index (χ1) is 22.0. The standard InChI is InChI=1S/C32H33F4N5O5/c1-44-20-4-6-24(21(14-20)29(42)38-19-3-5-23(33)22(13-19)32(34,35)36)40-30(43)27-26(45-2)7-8-37-28(27)39-25-17-31(15-18(25)16-31)41-9-11-46-12-10-41/h3-8,13-14,18,25H,9-12,15-17H2,1-2H3,(H,37,39)(H,38,42)(H,40,43). The Kier molecular flexibility index (Phi) is 8.51. The van der Waals surface area contributed by atoms with Crippen LogP contribution in [-0.4, -0.2) is 73.8 Å². The fourth-order valence-corrected chi connectivity index (χ4v) is 6.81. The maximum absolute atomic E-state index is 13.8. The van der Waals surface area contributed by atoms with Crippen LogP contribution < -0.4 is 25.4 Å². The van der Waals surface area contributed by atoms with Crippen molar-refractivity contribution in [1.29, 1.82) is 0 Å². The molecule has 2 aromatic carbocycles. The molecule has 0 spiro atoms. The molecule has 0 radical (unpaired) electrons. The number of pyridine rings is 1. The maximum atomic E-state index is 13.8. The minimum absolute atomic E-state index is 0.0488. The van der Waals surface area contributed by atoms with Crippen molar-refractivity contribution < 1.29 is 41.4 Å². The number of carbonyl (C=O) groups excluding carboxylic acids is 2. The summed E-state index contributed by atoms with van der Waals surface area (Å²) in [5.74, 6) is -1.68. The van der Waals surface area contributed by atoms with Crippen LogP contribution >= 0.6 is 0 Å². The van der Waals surface area contributed by atoms with E-state index in [0.29, 0.717) is 23.9 Å². The Balaban J connectivity index is 1.24. The number of amides is 2. The summed E-state index contributed by atoms with van der Waals surface area (Å²) >= 11 is 0. The van der Waals surface area contributed by atoms with Gasteiger partial charge in [0.1, 0.15) is 28.7 Å². The lowest BCUT2D eigenvalue weighted by Crippen LogP contribution is -2.56. The van der Waals surface area contributed by atoms with Crippen LogP contribution in [0.15, 0.2) is 48.7 Å². The number of carbonyl (C=O) groups is 2. The predicted molar refractivity (Wildman–Crippen MR) is 161 cm³/mol. The van der Waals surface area contributed by atoms with Crippen molar-refractivity contribution in [3.8, 4) is 11.5 Å². The molecular formula is C32H33F4N5O5. The lowest BCUT2D eigenvalue weighted by molar-refractivity contribution is -0.139. The third-order valence-electron chi connectivity index (χ3n) is 9.07. The van der Waals surface area contributed by atoms with Gasteiger partial charge in [0.15, 0.2) is 0 Å². The number of nitrogens with one attached hydrogen (secondary N) is 3. The van der Waals surface area contributed by atoms with Gasteiger partial charge in [-0.15, -0.1) is 0 Å². The molecule has 1 aromatic heterocycles. The van der Waals surface area contributed by atoms with Crippen LogP contribution in [0.5, 0.6) is 11.5 Å². The summed E-state index contributed by atoms with van der Waals surface area (Å²) < 4.78 is 69.9. The largest absolute Gasteiger partial charge is 0.497 e. The molecule has 3 aliphatic carbocycles. The van der Waals surface area contributed by atoms with E-state index in [1.165, 1.54) is 32.4 Å². The van der Waals surface area contributed by atoms with Crippen LogP contribution in [0, 0.1) is 11.7 Å². The summed E-state index contributed by atoms with van der Waals surface area (Å²) in [7, 11) is 2.81. The van der Waals surface area contributed by atoms with Gasteiger partial charge in [-0.25, -0.2) is 9.37 Å². The van der Waals surface area contributed by atoms with Gasteiger partial charge in [-0.3, -0.25) is 14.5 Å². The number of halogens is 4. The molecule has 1 saturated heterocycles. The molecule has 46 heavy (non-hydrogen) atoms. The quantitative estimate of drug-likeness (QED) is 0.265. The van der Waals surface area contributed by atoms with Crippen LogP contribution in [0.4, 0.5) is 34.8 Å². The van der Waals surface area contributed by atoms with Crippen LogP contribution in [0.1, 0.15) is 45.5 Å². The Labute approximate surface area is 262 Å². The average Bonchev–Trinajstić information content (AvgIpc) is 3.57. The summed E-state index contributed by atoms with van der Waals surface area (Å²) in [4.78, 5) is 34.2. The summed E-state index contributed by atoms with van der Waals surface area (Å²) in [5.41, 5.74) is -1.62. The van der Waals surface area contributed by atoms with Crippen LogP contribution in [0.2, 0.25) is 0 Å². The summed E-state index contributed by atoms with van der Waals surface area (Å²) in [6, 6.07) is 8.05. The first kappa shape index (κ1) is 31.5. The number of morpholine rings is 1. The Morgan fingerprint density at radius 1 is 0.978 bits per heavy atom. The summed E-state index contributed by atoms with van der Waals surface area (Å²) in [6.45, 7) is 3.23. The highest BCUT2D eigenvalue weighted by Crippen LogP contribution is 2.56. The van der Waals surface area contributed by atoms with E-state index in [9.17, 15) is 27.2 Å². The zero-order chi connectivity index (χ0) is 32.6. The fourth-order valence-electron chi connectivity index (χ4n) is 6.81. The second-order valence-corrected chi connectivity index (χ2v) is 11.7. The number of anilines is 3. The van der Waals surface area contributed by atoms with Crippen molar-refractivity contribution in [3.05, 3.63) is 71.2 Å². The normalized spacial score (nSPS) is 22.5. The second-order valence-electron chi connectivity index (χ2n) is 11.7. The van der Waals surface area contributed by atoms with Gasteiger partial charge in [0.05, 0.1) is 44.2 Å². The van der Waals surface area contributed by atoms with Crippen molar-refractivity contribution in [2.45, 2.75) is 37.0 Å². The molecule has 2 amide bonds. The molecule has 4 aliphatic rings. The second kappa shape index (κ2) is 12.4. The SMILES string of the molecule is COc1ccc(NC(=O)c2c(OC)ccnc2NC2CC3(N4CCOCC4)CC2C3)c(C(=O)Nc2ccc(F)c(C(F)(F)F)c2)c1. The number of methoxy groups -OCH3 is 2. The number of nitrogens with zero attached hydrogens (tertiary/aromatic N) is 2. The number of alkyl halides is 3. The molecule has 3 N–H and O–H groups in total. The molecule has 244 valence electrons. The number of ether oxygens (including phenoxy) is 3. The Morgan fingerprint density at radius 3 is 2.43 bits per heavy atom. The lowest BCUT2D eigenvalue weighted by Gasteiger charge is -2.49. The first-order valence-electron chi connectivity index (χ1n) is 14.8. The maximum Gasteiger partial charge on any atom is 0.419 e. The van der Waals surface area contributed by atoms with E-state index in [2.05, 4.69) is 25.8 Å². The number of rotatable bonds is 9. The molecule has 10 nitrogen and oxygen atoms in total. The van der Waals surface area contributed by atoms with Crippen molar-refractivity contribution >= 4 is 29.0 Å². The average molecular weight is 644 g/mol. The molecule has 2 bridgehead atoms. The van der Waals surface area contributed by atoms with E-state index in [-0.39, 0.29) is 45.6 Å². The van der Waals surface area contributed by atoms with Crippen molar-refractivity contribution in [2.24, 2.45) is 5.92 Å². The van der Waals surface area contributed by atoms with Gasteiger partial charge in [-0.2, -0.15) is 13.2 Å². The van der Waals surface area contributed by atoms with Gasteiger partial charge >= 0.3 is 6.18 Å². The predicted octanol–water partition coefficient (Wildman–Crippen LogP) is 5.43. The first-order valence-corrected chi connectivity index (χ1v) is 14.8. The van der Waals surface area contributed by atoms with Gasteiger partial charge in [0.25, 0.3) is 11.8 Å². The van der Waals surface area contributed by atoms with Gasteiger partial charge in [0, 0.05) is 36.6 Å². The van der Waals surface area contributed by atoms with Crippen LogP contribution in [0.25, 0.3) is 0 Å². The summed E-state index contributed by atoms with van der Waals surface area (Å²) in [5, 5.41) is 8.57. The highest BCUT2D eigenvalue weighted by Gasteiger charge is 2.59. The van der Waals surface area contributed by atoms with Gasteiger partial charge in [-0.1, -0.05) is 0 Å². The molecular weight excluding hydrogens is 610 g/mol. The van der Waals surface area contributed by atoms with Crippen molar-refractivity contribution in [2.75, 3.05) is 56.5 Å². The third-order valence-corrected chi connectivity index (χ3v) is 9.07. The number of aromatic nitrogens is 1.